The number of hydrogen-bond donors (Lipinski definition) is 1. The summed E-state index contributed by atoms with van der Waals surface area (Å²) in [7, 11) is 2.03. The van der Waals surface area contributed by atoms with E-state index in [0.717, 1.165) is 11.2 Å². The van der Waals surface area contributed by atoms with Gasteiger partial charge in [-0.25, -0.2) is 4.98 Å². The second kappa shape index (κ2) is 4.06. The minimum Gasteiger partial charge on any atom is -0.398 e. The third kappa shape index (κ3) is 1.79. The van der Waals surface area contributed by atoms with Gasteiger partial charge in [0.25, 0.3) is 0 Å². The number of fused-ring (bicyclic) bond motifs is 1. The fourth-order valence-corrected chi connectivity index (χ4v) is 2.39. The molecule has 0 radical (unpaired) electrons. The van der Waals surface area contributed by atoms with E-state index in [1.807, 2.05) is 13.4 Å². The van der Waals surface area contributed by atoms with Crippen molar-refractivity contribution in [2.24, 2.45) is 7.05 Å². The van der Waals surface area contributed by atoms with Crippen molar-refractivity contribution in [3.05, 3.63) is 23.5 Å². The Morgan fingerprint density at radius 1 is 1.18 bits per heavy atom. The number of rotatable bonds is 2. The van der Waals surface area contributed by atoms with Gasteiger partial charge in [-0.1, -0.05) is 27.7 Å². The third-order valence-electron chi connectivity index (χ3n) is 3.33. The van der Waals surface area contributed by atoms with E-state index in [9.17, 15) is 0 Å². The van der Waals surface area contributed by atoms with Crippen LogP contribution in [0.3, 0.4) is 0 Å². The lowest BCUT2D eigenvalue weighted by Crippen LogP contribution is -2.04. The Balaban J connectivity index is 2.87. The first kappa shape index (κ1) is 12.0. The van der Waals surface area contributed by atoms with Gasteiger partial charge in [0.15, 0.2) is 0 Å². The second-order valence-corrected chi connectivity index (χ2v) is 5.33. The predicted molar refractivity (Wildman–Crippen MR) is 73.3 cm³/mol. The summed E-state index contributed by atoms with van der Waals surface area (Å²) in [4.78, 5) is 4.48. The van der Waals surface area contributed by atoms with E-state index in [4.69, 9.17) is 5.73 Å². The van der Waals surface area contributed by atoms with Gasteiger partial charge in [0.2, 0.25) is 0 Å². The molecule has 0 atom stereocenters. The van der Waals surface area contributed by atoms with E-state index in [1.54, 1.807) is 0 Å². The van der Waals surface area contributed by atoms with E-state index in [2.05, 4.69) is 43.3 Å². The van der Waals surface area contributed by atoms with E-state index < -0.39 is 0 Å². The smallest absolute Gasteiger partial charge is 0.0955 e. The molecule has 0 saturated heterocycles. The molecule has 3 nitrogen and oxygen atoms in total. The molecule has 2 N–H and O–H groups in total. The lowest BCUT2D eigenvalue weighted by molar-refractivity contribution is 0.844. The van der Waals surface area contributed by atoms with Crippen molar-refractivity contribution in [2.45, 2.75) is 39.5 Å². The highest BCUT2D eigenvalue weighted by atomic mass is 15.0. The Morgan fingerprint density at radius 2 is 1.82 bits per heavy atom. The molecular weight excluding hydrogens is 210 g/mol. The average Bonchev–Trinajstić information content (AvgIpc) is 2.58. The second-order valence-electron chi connectivity index (χ2n) is 5.33. The summed E-state index contributed by atoms with van der Waals surface area (Å²) in [6, 6.07) is 2.17. The molecule has 2 rings (SSSR count). The molecule has 0 fully saturated rings. The van der Waals surface area contributed by atoms with Crippen molar-refractivity contribution < 1.29 is 0 Å². The van der Waals surface area contributed by atoms with Crippen molar-refractivity contribution in [3.8, 4) is 0 Å². The molecule has 17 heavy (non-hydrogen) atoms. The molecule has 0 saturated carbocycles. The van der Waals surface area contributed by atoms with Crippen LogP contribution in [-0.4, -0.2) is 9.55 Å². The maximum absolute atomic E-state index is 6.31. The van der Waals surface area contributed by atoms with Crippen LogP contribution in [0, 0.1) is 0 Å². The molecule has 2 aromatic rings. The molecule has 3 heteroatoms. The lowest BCUT2D eigenvalue weighted by Gasteiger charge is -2.17. The zero-order chi connectivity index (χ0) is 12.7. The summed E-state index contributed by atoms with van der Waals surface area (Å²) in [6.45, 7) is 8.70. The summed E-state index contributed by atoms with van der Waals surface area (Å²) < 4.78 is 2.06. The Kier molecular flexibility index (Phi) is 2.86. The quantitative estimate of drug-likeness (QED) is 0.805. The topological polar surface area (TPSA) is 43.8 Å². The fraction of sp³-hybridized carbons (Fsp3) is 0.500. The average molecular weight is 231 g/mol. The standard InChI is InChI=1S/C14H21N3/c1-8(2)10-6-11-14(16-7-17(11)5)12(9(3)4)13(10)15/h6-9H,15H2,1-5H3. The maximum atomic E-state index is 6.31. The number of hydrogen-bond acceptors (Lipinski definition) is 2. The Labute approximate surface area is 103 Å². The van der Waals surface area contributed by atoms with Gasteiger partial charge in [-0.2, -0.15) is 0 Å². The van der Waals surface area contributed by atoms with E-state index in [-0.39, 0.29) is 0 Å². The zero-order valence-corrected chi connectivity index (χ0v) is 11.3. The summed E-state index contributed by atoms with van der Waals surface area (Å²) in [5.74, 6) is 0.831. The van der Waals surface area contributed by atoms with Crippen molar-refractivity contribution >= 4 is 16.7 Å². The summed E-state index contributed by atoms with van der Waals surface area (Å²) in [5.41, 5.74) is 11.9. The SMILES string of the molecule is CC(C)c1cc2c(ncn2C)c(C(C)C)c1N. The highest BCUT2D eigenvalue weighted by Gasteiger charge is 2.17. The van der Waals surface area contributed by atoms with Gasteiger partial charge < -0.3 is 10.3 Å². The van der Waals surface area contributed by atoms with Gasteiger partial charge >= 0.3 is 0 Å². The number of imidazole rings is 1. The molecule has 1 aromatic carbocycles. The predicted octanol–water partition coefficient (Wildman–Crippen LogP) is 3.40. The van der Waals surface area contributed by atoms with Crippen molar-refractivity contribution in [1.82, 2.24) is 9.55 Å². The summed E-state index contributed by atoms with van der Waals surface area (Å²) in [6.07, 6.45) is 1.86. The van der Waals surface area contributed by atoms with E-state index in [1.165, 1.54) is 16.6 Å². The normalized spacial score (nSPS) is 11.9. The van der Waals surface area contributed by atoms with Crippen LogP contribution in [0.1, 0.15) is 50.7 Å². The molecule has 1 heterocycles. The molecule has 0 aliphatic carbocycles. The minimum atomic E-state index is 0.395. The van der Waals surface area contributed by atoms with Crippen LogP contribution >= 0.6 is 0 Å². The van der Waals surface area contributed by atoms with Gasteiger partial charge in [0.05, 0.1) is 17.4 Å². The van der Waals surface area contributed by atoms with Crippen LogP contribution in [0.25, 0.3) is 11.0 Å². The molecule has 1 aromatic heterocycles. The summed E-state index contributed by atoms with van der Waals surface area (Å²) >= 11 is 0. The third-order valence-corrected chi connectivity index (χ3v) is 3.33. The number of aromatic nitrogens is 2. The van der Waals surface area contributed by atoms with Crippen molar-refractivity contribution in [2.75, 3.05) is 5.73 Å². The van der Waals surface area contributed by atoms with Crippen LogP contribution < -0.4 is 5.73 Å². The van der Waals surface area contributed by atoms with Gasteiger partial charge in [-0.3, -0.25) is 0 Å². The van der Waals surface area contributed by atoms with Crippen molar-refractivity contribution in [1.29, 1.82) is 0 Å². The minimum absolute atomic E-state index is 0.395. The number of aryl methyl sites for hydroxylation is 1. The zero-order valence-electron chi connectivity index (χ0n) is 11.3. The van der Waals surface area contributed by atoms with Crippen molar-refractivity contribution in [3.63, 3.8) is 0 Å². The molecular formula is C14H21N3. The highest BCUT2D eigenvalue weighted by Crippen LogP contribution is 2.35. The Morgan fingerprint density at radius 3 is 2.35 bits per heavy atom. The molecule has 0 spiro atoms. The lowest BCUT2D eigenvalue weighted by atomic mass is 9.91. The molecule has 0 bridgehead atoms. The first-order valence-corrected chi connectivity index (χ1v) is 6.16. The van der Waals surface area contributed by atoms with Crippen LogP contribution in [0.5, 0.6) is 0 Å². The largest absolute Gasteiger partial charge is 0.398 e. The van der Waals surface area contributed by atoms with Crippen LogP contribution in [-0.2, 0) is 7.05 Å². The van der Waals surface area contributed by atoms with E-state index >= 15 is 0 Å². The van der Waals surface area contributed by atoms with Gasteiger partial charge in [-0.15, -0.1) is 0 Å². The summed E-state index contributed by atoms with van der Waals surface area (Å²) in [5, 5.41) is 0. The molecule has 0 unspecified atom stereocenters. The van der Waals surface area contributed by atoms with Gasteiger partial charge in [-0.05, 0) is 23.5 Å². The highest BCUT2D eigenvalue weighted by molar-refractivity contribution is 5.86. The molecule has 92 valence electrons. The number of nitrogens with zero attached hydrogens (tertiary/aromatic N) is 2. The fourth-order valence-electron chi connectivity index (χ4n) is 2.39. The van der Waals surface area contributed by atoms with Gasteiger partial charge in [0.1, 0.15) is 0 Å². The Bertz CT molecular complexity index is 550. The number of nitrogens with two attached hydrogens (primary N) is 1. The number of benzene rings is 1. The molecule has 0 aliphatic heterocycles. The Hall–Kier alpha value is -1.51. The first-order valence-electron chi connectivity index (χ1n) is 6.16. The first-order chi connectivity index (χ1) is 7.93. The van der Waals surface area contributed by atoms with Crippen LogP contribution in [0.4, 0.5) is 5.69 Å². The van der Waals surface area contributed by atoms with Crippen LogP contribution in [0.2, 0.25) is 0 Å². The molecule has 0 aliphatic rings. The van der Waals surface area contributed by atoms with E-state index in [0.29, 0.717) is 11.8 Å². The maximum Gasteiger partial charge on any atom is 0.0955 e. The number of nitrogen functional groups attached to an aromatic ring is 1. The van der Waals surface area contributed by atoms with Crippen LogP contribution in [0.15, 0.2) is 12.4 Å². The number of anilines is 1. The molecule has 0 amide bonds. The van der Waals surface area contributed by atoms with Gasteiger partial charge in [0, 0.05) is 18.3 Å². The monoisotopic (exact) mass is 231 g/mol.